The molecule has 0 N–H and O–H groups in total. The summed E-state index contributed by atoms with van der Waals surface area (Å²) >= 11 is 0. The SMILES string of the molecule is c1ccc(-c2ccc(-c3nc(-c4ccc(-c5ccccc5)cc4)nc(-c4ccc(-c5nc6c(-c7cccc8ccccc78)cccc6c6oc7ccccc7c56)cc4)n3)cc2)cc1. The Morgan fingerprint density at radius 3 is 1.32 bits per heavy atom. The third-order valence-electron chi connectivity index (χ3n) is 12.0. The molecular formula is C58H36N4O. The molecule has 0 fully saturated rings. The van der Waals surface area contributed by atoms with E-state index in [4.69, 9.17) is 24.4 Å². The predicted octanol–water partition coefficient (Wildman–Crippen LogP) is 15.1. The molecule has 3 aromatic heterocycles. The van der Waals surface area contributed by atoms with E-state index in [1.54, 1.807) is 0 Å². The number of para-hydroxylation sites is 2. The molecule has 0 aliphatic heterocycles. The van der Waals surface area contributed by atoms with Gasteiger partial charge in [0.2, 0.25) is 0 Å². The van der Waals surface area contributed by atoms with E-state index >= 15 is 0 Å². The lowest BCUT2D eigenvalue weighted by atomic mass is 9.94. The summed E-state index contributed by atoms with van der Waals surface area (Å²) in [6.45, 7) is 0. The third kappa shape index (κ3) is 6.51. The van der Waals surface area contributed by atoms with Crippen LogP contribution in [0.25, 0.3) is 122 Å². The maximum absolute atomic E-state index is 6.71. The van der Waals surface area contributed by atoms with Crippen LogP contribution in [0.2, 0.25) is 0 Å². The van der Waals surface area contributed by atoms with Gasteiger partial charge in [0.1, 0.15) is 11.2 Å². The van der Waals surface area contributed by atoms with Gasteiger partial charge in [0.15, 0.2) is 17.5 Å². The van der Waals surface area contributed by atoms with Gasteiger partial charge in [-0.05, 0) is 50.7 Å². The first-order valence-electron chi connectivity index (χ1n) is 21.1. The minimum Gasteiger partial charge on any atom is -0.455 e. The van der Waals surface area contributed by atoms with Crippen molar-refractivity contribution in [1.29, 1.82) is 0 Å². The molecule has 0 aliphatic carbocycles. The molecule has 0 spiro atoms. The van der Waals surface area contributed by atoms with E-state index in [1.165, 1.54) is 10.8 Å². The minimum atomic E-state index is 0.587. The Kier molecular flexibility index (Phi) is 8.75. The largest absolute Gasteiger partial charge is 0.455 e. The van der Waals surface area contributed by atoms with Crippen LogP contribution in [-0.4, -0.2) is 19.9 Å². The zero-order valence-electron chi connectivity index (χ0n) is 34.0. The van der Waals surface area contributed by atoms with Crippen LogP contribution in [0.15, 0.2) is 223 Å². The van der Waals surface area contributed by atoms with Gasteiger partial charge in [-0.25, -0.2) is 19.9 Å². The van der Waals surface area contributed by atoms with Gasteiger partial charge in [-0.3, -0.25) is 0 Å². The zero-order valence-corrected chi connectivity index (χ0v) is 34.0. The van der Waals surface area contributed by atoms with Gasteiger partial charge >= 0.3 is 0 Å². The summed E-state index contributed by atoms with van der Waals surface area (Å²) in [5, 5.41) is 5.36. The summed E-state index contributed by atoms with van der Waals surface area (Å²) in [6, 6.07) is 75.6. The quantitative estimate of drug-likeness (QED) is 0.161. The molecule has 0 amide bonds. The van der Waals surface area contributed by atoms with Crippen LogP contribution in [0, 0.1) is 0 Å². The van der Waals surface area contributed by atoms with Gasteiger partial charge in [0.05, 0.1) is 16.6 Å². The van der Waals surface area contributed by atoms with Gasteiger partial charge in [0.25, 0.3) is 0 Å². The van der Waals surface area contributed by atoms with Crippen molar-refractivity contribution in [3.63, 3.8) is 0 Å². The lowest BCUT2D eigenvalue weighted by Crippen LogP contribution is -2.00. The topological polar surface area (TPSA) is 64.7 Å². The third-order valence-corrected chi connectivity index (χ3v) is 12.0. The first kappa shape index (κ1) is 36.3. The van der Waals surface area contributed by atoms with E-state index in [0.29, 0.717) is 17.5 Å². The zero-order chi connectivity index (χ0) is 41.7. The normalized spacial score (nSPS) is 11.5. The molecule has 12 aromatic rings. The highest BCUT2D eigenvalue weighted by Gasteiger charge is 2.21. The molecule has 0 saturated carbocycles. The lowest BCUT2D eigenvalue weighted by molar-refractivity contribution is 0.672. The fourth-order valence-corrected chi connectivity index (χ4v) is 8.80. The molecule has 5 heteroatoms. The Hall–Kier alpha value is -8.54. The number of benzene rings is 9. The Morgan fingerprint density at radius 2 is 0.714 bits per heavy atom. The first-order valence-corrected chi connectivity index (χ1v) is 21.1. The van der Waals surface area contributed by atoms with Gasteiger partial charge in [-0.2, -0.15) is 0 Å². The molecule has 9 aromatic carbocycles. The lowest BCUT2D eigenvalue weighted by Gasteiger charge is -2.13. The molecule has 0 atom stereocenters. The van der Waals surface area contributed by atoms with Crippen LogP contribution in [0.3, 0.4) is 0 Å². The highest BCUT2D eigenvalue weighted by molar-refractivity contribution is 6.21. The molecule has 0 saturated heterocycles. The van der Waals surface area contributed by atoms with Gasteiger partial charge in [-0.15, -0.1) is 0 Å². The number of pyridine rings is 1. The number of nitrogens with zero attached hydrogens (tertiary/aromatic N) is 4. The van der Waals surface area contributed by atoms with Crippen LogP contribution in [-0.2, 0) is 0 Å². The number of fused-ring (bicyclic) bond motifs is 6. The van der Waals surface area contributed by atoms with Crippen LogP contribution in [0.1, 0.15) is 0 Å². The number of furan rings is 1. The summed E-state index contributed by atoms with van der Waals surface area (Å²) < 4.78 is 6.71. The second-order valence-corrected chi connectivity index (χ2v) is 15.8. The molecule has 0 bridgehead atoms. The van der Waals surface area contributed by atoms with Crippen LogP contribution in [0.4, 0.5) is 0 Å². The average Bonchev–Trinajstić information content (AvgIpc) is 3.77. The van der Waals surface area contributed by atoms with Crippen molar-refractivity contribution in [3.8, 4) is 78.8 Å². The molecule has 5 nitrogen and oxygen atoms in total. The van der Waals surface area contributed by atoms with E-state index in [9.17, 15) is 0 Å². The summed E-state index contributed by atoms with van der Waals surface area (Å²) in [5.41, 5.74) is 13.8. The highest BCUT2D eigenvalue weighted by atomic mass is 16.3. The van der Waals surface area contributed by atoms with Crippen molar-refractivity contribution in [2.24, 2.45) is 0 Å². The Balaban J connectivity index is 0.996. The Labute approximate surface area is 363 Å². The standard InChI is InChI=1S/C58H36N4O/c1-3-13-37(14-4-1)39-25-31-43(32-26-39)56-60-57(44-33-27-40(28-34-44)38-15-5-2-6-16-38)62-58(61-56)45-35-29-42(30-36-45)53-52-49-20-9-10-24-51(49)63-55(52)50-23-12-22-48(54(50)59-53)47-21-11-18-41-17-7-8-19-46(41)47/h1-36H. The van der Waals surface area contributed by atoms with Crippen molar-refractivity contribution in [1.82, 2.24) is 19.9 Å². The molecule has 0 radical (unpaired) electrons. The Bertz CT molecular complexity index is 3530. The van der Waals surface area contributed by atoms with Crippen molar-refractivity contribution < 1.29 is 4.42 Å². The molecule has 12 rings (SSSR count). The van der Waals surface area contributed by atoms with E-state index in [1.807, 2.05) is 24.3 Å². The monoisotopic (exact) mass is 804 g/mol. The molecule has 3 heterocycles. The van der Waals surface area contributed by atoms with Crippen molar-refractivity contribution >= 4 is 43.6 Å². The maximum atomic E-state index is 6.71. The first-order chi connectivity index (χ1) is 31.2. The van der Waals surface area contributed by atoms with Crippen molar-refractivity contribution in [2.45, 2.75) is 0 Å². The number of rotatable bonds is 7. The summed E-state index contributed by atoms with van der Waals surface area (Å²) in [6.07, 6.45) is 0. The summed E-state index contributed by atoms with van der Waals surface area (Å²) in [7, 11) is 0. The maximum Gasteiger partial charge on any atom is 0.164 e. The minimum absolute atomic E-state index is 0.587. The van der Waals surface area contributed by atoms with E-state index in [2.05, 4.69) is 194 Å². The van der Waals surface area contributed by atoms with E-state index in [-0.39, 0.29) is 0 Å². The second kappa shape index (κ2) is 15.2. The van der Waals surface area contributed by atoms with Crippen molar-refractivity contribution in [3.05, 3.63) is 218 Å². The van der Waals surface area contributed by atoms with Crippen LogP contribution in [0.5, 0.6) is 0 Å². The number of hydrogen-bond donors (Lipinski definition) is 0. The molecule has 0 unspecified atom stereocenters. The fraction of sp³-hybridized carbons (Fsp3) is 0. The average molecular weight is 805 g/mol. The summed E-state index contributed by atoms with van der Waals surface area (Å²) in [5.74, 6) is 1.80. The second-order valence-electron chi connectivity index (χ2n) is 15.8. The van der Waals surface area contributed by atoms with E-state index in [0.717, 1.165) is 94.2 Å². The summed E-state index contributed by atoms with van der Waals surface area (Å²) in [4.78, 5) is 20.8. The van der Waals surface area contributed by atoms with Crippen molar-refractivity contribution in [2.75, 3.05) is 0 Å². The van der Waals surface area contributed by atoms with Crippen LogP contribution >= 0.6 is 0 Å². The van der Waals surface area contributed by atoms with Crippen LogP contribution < -0.4 is 0 Å². The molecule has 63 heavy (non-hydrogen) atoms. The van der Waals surface area contributed by atoms with E-state index < -0.39 is 0 Å². The molecule has 0 aliphatic rings. The van der Waals surface area contributed by atoms with Gasteiger partial charge in [-0.1, -0.05) is 206 Å². The fourth-order valence-electron chi connectivity index (χ4n) is 8.80. The number of hydrogen-bond acceptors (Lipinski definition) is 5. The number of aromatic nitrogens is 4. The predicted molar refractivity (Wildman–Crippen MR) is 258 cm³/mol. The Morgan fingerprint density at radius 1 is 0.286 bits per heavy atom. The van der Waals surface area contributed by atoms with Gasteiger partial charge < -0.3 is 4.42 Å². The molecular weight excluding hydrogens is 769 g/mol. The van der Waals surface area contributed by atoms with Gasteiger partial charge in [0, 0.05) is 38.6 Å². The highest BCUT2D eigenvalue weighted by Crippen LogP contribution is 2.43. The smallest absolute Gasteiger partial charge is 0.164 e. The molecule has 294 valence electrons.